The number of nitro benzene ring substituents is 1. The fourth-order valence-corrected chi connectivity index (χ4v) is 1.66. The molecule has 0 amide bonds. The second kappa shape index (κ2) is 10.2. The number of carbonyl (C=O) groups is 2. The van der Waals surface area contributed by atoms with E-state index >= 15 is 0 Å². The van der Waals surface area contributed by atoms with Gasteiger partial charge in [-0.1, -0.05) is 0 Å². The van der Waals surface area contributed by atoms with Crippen molar-refractivity contribution in [3.8, 4) is 0 Å². The zero-order valence-electron chi connectivity index (χ0n) is 13.2. The molecule has 0 aromatic heterocycles. The minimum atomic E-state index is -1.82. The summed E-state index contributed by atoms with van der Waals surface area (Å²) in [5.74, 6) is -4.12. The van der Waals surface area contributed by atoms with Crippen LogP contribution in [0.2, 0.25) is 0 Å². The summed E-state index contributed by atoms with van der Waals surface area (Å²) >= 11 is 0. The van der Waals surface area contributed by atoms with Crippen LogP contribution in [0.15, 0.2) is 18.2 Å². The third-order valence-corrected chi connectivity index (χ3v) is 2.91. The van der Waals surface area contributed by atoms with Crippen LogP contribution in [0, 0.1) is 15.9 Å². The number of aliphatic hydroxyl groups is 1. The van der Waals surface area contributed by atoms with Gasteiger partial charge >= 0.3 is 11.9 Å². The number of carboxylic acids is 2. The molecule has 0 fully saturated rings. The van der Waals surface area contributed by atoms with Gasteiger partial charge in [-0.05, 0) is 19.9 Å². The normalized spacial score (nSPS) is 10.2. The average Bonchev–Trinajstić information content (AvgIpc) is 2.48. The number of hydrogen-bond acceptors (Lipinski definition) is 6. The van der Waals surface area contributed by atoms with Crippen LogP contribution in [0.3, 0.4) is 0 Å². The Bertz CT molecular complexity index is 580. The fourth-order valence-electron chi connectivity index (χ4n) is 1.66. The zero-order valence-corrected chi connectivity index (χ0v) is 13.2. The molecular weight excluding hydrogens is 327 g/mol. The molecule has 0 spiro atoms. The number of hydrogen-bond donors (Lipinski definition) is 3. The Balaban J connectivity index is 0.000000754. The lowest BCUT2D eigenvalue weighted by atomic mass is 10.1. The maximum atomic E-state index is 13.6. The molecule has 0 bridgehead atoms. The SMILES string of the molecule is CC(C)N(CCO)Cc1cc([N+](=O)[O-])ccc1F.O=C(O)C(=O)O. The lowest BCUT2D eigenvalue weighted by Crippen LogP contribution is -2.33. The molecule has 3 N–H and O–H groups in total. The molecular formula is C14H19FN2O7. The standard InChI is InChI=1S/C12H17FN2O3.C2H2O4/c1-9(2)14(5-6-16)8-10-7-11(15(17)18)3-4-12(10)13;3-1(4)2(5)6/h3-4,7,9,16H,5-6,8H2,1-2H3;(H,3,4)(H,5,6). The van der Waals surface area contributed by atoms with Gasteiger partial charge in [0.15, 0.2) is 0 Å². The minimum absolute atomic E-state index is 0.0330. The van der Waals surface area contributed by atoms with Gasteiger partial charge in [0, 0.05) is 36.8 Å². The predicted molar refractivity (Wildman–Crippen MR) is 81.0 cm³/mol. The summed E-state index contributed by atoms with van der Waals surface area (Å²) in [6, 6.07) is 3.60. The lowest BCUT2D eigenvalue weighted by Gasteiger charge is -2.25. The number of non-ortho nitro benzene ring substituents is 1. The van der Waals surface area contributed by atoms with Gasteiger partial charge in [0.1, 0.15) is 5.82 Å². The summed E-state index contributed by atoms with van der Waals surface area (Å²) < 4.78 is 13.6. The summed E-state index contributed by atoms with van der Waals surface area (Å²) in [5, 5.41) is 34.4. The Morgan fingerprint density at radius 2 is 1.83 bits per heavy atom. The molecule has 0 unspecified atom stereocenters. The van der Waals surface area contributed by atoms with Gasteiger partial charge in [0.2, 0.25) is 0 Å². The van der Waals surface area contributed by atoms with Gasteiger partial charge in [0.25, 0.3) is 5.69 Å². The van der Waals surface area contributed by atoms with E-state index in [2.05, 4.69) is 0 Å². The summed E-state index contributed by atoms with van der Waals surface area (Å²) in [6.45, 7) is 4.45. The van der Waals surface area contributed by atoms with E-state index in [1.54, 1.807) is 0 Å². The Labute approximate surface area is 137 Å². The average molecular weight is 346 g/mol. The van der Waals surface area contributed by atoms with Crippen LogP contribution in [-0.2, 0) is 16.1 Å². The molecule has 10 heteroatoms. The van der Waals surface area contributed by atoms with E-state index in [1.807, 2.05) is 18.7 Å². The number of benzene rings is 1. The monoisotopic (exact) mass is 346 g/mol. The second-order valence-corrected chi connectivity index (χ2v) is 4.93. The van der Waals surface area contributed by atoms with Crippen molar-refractivity contribution in [2.45, 2.75) is 26.4 Å². The van der Waals surface area contributed by atoms with Crippen LogP contribution in [0.5, 0.6) is 0 Å². The van der Waals surface area contributed by atoms with Crippen molar-refractivity contribution in [2.75, 3.05) is 13.2 Å². The van der Waals surface area contributed by atoms with E-state index in [0.717, 1.165) is 12.1 Å². The maximum Gasteiger partial charge on any atom is 0.414 e. The molecule has 0 aliphatic rings. The Kier molecular flexibility index (Phi) is 9.13. The summed E-state index contributed by atoms with van der Waals surface area (Å²) in [4.78, 5) is 30.1. The van der Waals surface area contributed by atoms with Crippen LogP contribution in [0.25, 0.3) is 0 Å². The van der Waals surface area contributed by atoms with Crippen molar-refractivity contribution in [2.24, 2.45) is 0 Å². The van der Waals surface area contributed by atoms with Gasteiger partial charge in [-0.25, -0.2) is 14.0 Å². The van der Waals surface area contributed by atoms with Gasteiger partial charge < -0.3 is 15.3 Å². The highest BCUT2D eigenvalue weighted by Crippen LogP contribution is 2.19. The number of halogens is 1. The van der Waals surface area contributed by atoms with Crippen molar-refractivity contribution in [1.82, 2.24) is 4.90 Å². The molecule has 0 saturated heterocycles. The van der Waals surface area contributed by atoms with Gasteiger partial charge in [-0.15, -0.1) is 0 Å². The van der Waals surface area contributed by atoms with Crippen LogP contribution in [0.1, 0.15) is 19.4 Å². The third kappa shape index (κ3) is 7.61. The molecule has 9 nitrogen and oxygen atoms in total. The van der Waals surface area contributed by atoms with Gasteiger partial charge in [-0.3, -0.25) is 15.0 Å². The molecule has 0 radical (unpaired) electrons. The zero-order chi connectivity index (χ0) is 18.9. The molecule has 0 saturated carbocycles. The number of rotatable bonds is 6. The summed E-state index contributed by atoms with van der Waals surface area (Å²) in [5.41, 5.74) is 0.144. The molecule has 24 heavy (non-hydrogen) atoms. The van der Waals surface area contributed by atoms with Crippen molar-refractivity contribution in [3.05, 3.63) is 39.7 Å². The molecule has 1 rings (SSSR count). The van der Waals surface area contributed by atoms with E-state index in [4.69, 9.17) is 24.9 Å². The third-order valence-electron chi connectivity index (χ3n) is 2.91. The minimum Gasteiger partial charge on any atom is -0.473 e. The van der Waals surface area contributed by atoms with Crippen LogP contribution in [0.4, 0.5) is 10.1 Å². The highest BCUT2D eigenvalue weighted by atomic mass is 19.1. The second-order valence-electron chi connectivity index (χ2n) is 4.93. The quantitative estimate of drug-likeness (QED) is 0.395. The van der Waals surface area contributed by atoms with Crippen LogP contribution >= 0.6 is 0 Å². The maximum absolute atomic E-state index is 13.6. The first-order chi connectivity index (χ1) is 11.1. The fraction of sp³-hybridized carbons (Fsp3) is 0.429. The highest BCUT2D eigenvalue weighted by molar-refractivity contribution is 6.27. The first-order valence-electron chi connectivity index (χ1n) is 6.84. The van der Waals surface area contributed by atoms with Crippen molar-refractivity contribution < 1.29 is 34.2 Å². The molecule has 1 aromatic carbocycles. The number of carboxylic acid groups (broad SMARTS) is 2. The van der Waals surface area contributed by atoms with Gasteiger partial charge in [0.05, 0.1) is 11.5 Å². The Morgan fingerprint density at radius 3 is 2.21 bits per heavy atom. The Hall–Kier alpha value is -2.59. The lowest BCUT2D eigenvalue weighted by molar-refractivity contribution is -0.385. The smallest absolute Gasteiger partial charge is 0.414 e. The molecule has 134 valence electrons. The van der Waals surface area contributed by atoms with Crippen LogP contribution < -0.4 is 0 Å². The van der Waals surface area contributed by atoms with E-state index in [1.165, 1.54) is 6.07 Å². The Morgan fingerprint density at radius 1 is 1.29 bits per heavy atom. The van der Waals surface area contributed by atoms with E-state index in [-0.39, 0.29) is 30.4 Å². The summed E-state index contributed by atoms with van der Waals surface area (Å²) in [6.07, 6.45) is 0. The van der Waals surface area contributed by atoms with Gasteiger partial charge in [-0.2, -0.15) is 0 Å². The first kappa shape index (κ1) is 21.4. The largest absolute Gasteiger partial charge is 0.473 e. The predicted octanol–water partition coefficient (Wildman–Crippen LogP) is 1.09. The van der Waals surface area contributed by atoms with Crippen molar-refractivity contribution >= 4 is 17.6 Å². The molecule has 0 atom stereocenters. The molecule has 0 aliphatic carbocycles. The topological polar surface area (TPSA) is 141 Å². The highest BCUT2D eigenvalue weighted by Gasteiger charge is 2.15. The molecule has 1 aromatic rings. The summed E-state index contributed by atoms with van der Waals surface area (Å²) in [7, 11) is 0. The first-order valence-corrected chi connectivity index (χ1v) is 6.84. The van der Waals surface area contributed by atoms with Crippen molar-refractivity contribution in [3.63, 3.8) is 0 Å². The van der Waals surface area contributed by atoms with Crippen LogP contribution in [-0.4, -0.2) is 56.3 Å². The van der Waals surface area contributed by atoms with E-state index < -0.39 is 22.7 Å². The number of nitrogens with zero attached hydrogens (tertiary/aromatic N) is 2. The van der Waals surface area contributed by atoms with E-state index in [0.29, 0.717) is 6.54 Å². The number of aliphatic carboxylic acids is 2. The molecule has 0 heterocycles. The number of aliphatic hydroxyl groups excluding tert-OH is 1. The number of nitro groups is 1. The molecule has 0 aliphatic heterocycles. The van der Waals surface area contributed by atoms with E-state index in [9.17, 15) is 14.5 Å². The van der Waals surface area contributed by atoms with Crippen molar-refractivity contribution in [1.29, 1.82) is 0 Å².